The molecule has 0 saturated heterocycles. The van der Waals surface area contributed by atoms with E-state index in [1.807, 2.05) is 43.3 Å². The highest BCUT2D eigenvalue weighted by atomic mass is 79.9. The average molecular weight is 539 g/mol. The highest BCUT2D eigenvalue weighted by molar-refractivity contribution is 9.10. The summed E-state index contributed by atoms with van der Waals surface area (Å²) in [5, 5.41) is 4.52. The van der Waals surface area contributed by atoms with Crippen LogP contribution in [0.15, 0.2) is 59.1 Å². The van der Waals surface area contributed by atoms with Gasteiger partial charge in [0.1, 0.15) is 12.4 Å². The molecule has 170 valence electrons. The molecule has 0 spiro atoms. The van der Waals surface area contributed by atoms with Crippen LogP contribution >= 0.6 is 39.1 Å². The van der Waals surface area contributed by atoms with Crippen molar-refractivity contribution in [2.75, 3.05) is 20.3 Å². The van der Waals surface area contributed by atoms with Crippen molar-refractivity contribution in [1.29, 1.82) is 0 Å². The molecule has 3 aromatic carbocycles. The lowest BCUT2D eigenvalue weighted by atomic mass is 10.1. The van der Waals surface area contributed by atoms with Gasteiger partial charge in [0.05, 0.1) is 28.2 Å². The number of rotatable bonds is 11. The summed E-state index contributed by atoms with van der Waals surface area (Å²) in [6, 6.07) is 17.6. The number of ether oxygens (including phenoxy) is 3. The van der Waals surface area contributed by atoms with Gasteiger partial charge in [-0.25, -0.2) is 0 Å². The molecular weight excluding hydrogens is 513 g/mol. The maximum Gasteiger partial charge on any atom is 0.175 e. The Labute approximate surface area is 207 Å². The Kier molecular flexibility index (Phi) is 9.54. The van der Waals surface area contributed by atoms with Crippen molar-refractivity contribution in [3.63, 3.8) is 0 Å². The zero-order valence-corrected chi connectivity index (χ0v) is 21.2. The van der Waals surface area contributed by atoms with Crippen molar-refractivity contribution in [1.82, 2.24) is 5.32 Å². The van der Waals surface area contributed by atoms with Gasteiger partial charge in [0, 0.05) is 6.54 Å². The SMILES string of the molecule is CCOc1cc(CNCCc2ccccc2OC)cc(Br)c1OCc1ccc(Cl)c(Cl)c1. The molecule has 0 radical (unpaired) electrons. The first kappa shape index (κ1) is 24.7. The highest BCUT2D eigenvalue weighted by Crippen LogP contribution is 2.37. The summed E-state index contributed by atoms with van der Waals surface area (Å²) in [6.07, 6.45) is 0.883. The van der Waals surface area contributed by atoms with Crippen molar-refractivity contribution < 1.29 is 14.2 Å². The number of hydrogen-bond acceptors (Lipinski definition) is 4. The summed E-state index contributed by atoms with van der Waals surface area (Å²) >= 11 is 15.7. The first-order chi connectivity index (χ1) is 15.5. The summed E-state index contributed by atoms with van der Waals surface area (Å²) < 4.78 is 18.2. The van der Waals surface area contributed by atoms with Crippen LogP contribution in [0.1, 0.15) is 23.6 Å². The minimum atomic E-state index is 0.353. The molecule has 0 unspecified atom stereocenters. The molecule has 1 N–H and O–H groups in total. The van der Waals surface area contributed by atoms with E-state index in [9.17, 15) is 0 Å². The topological polar surface area (TPSA) is 39.7 Å². The van der Waals surface area contributed by atoms with Gasteiger partial charge in [-0.2, -0.15) is 0 Å². The maximum atomic E-state index is 6.11. The second-order valence-corrected chi connectivity index (χ2v) is 8.78. The second-order valence-electron chi connectivity index (χ2n) is 7.11. The minimum Gasteiger partial charge on any atom is -0.496 e. The molecule has 0 amide bonds. The van der Waals surface area contributed by atoms with E-state index in [0.717, 1.165) is 34.3 Å². The Bertz CT molecular complexity index is 1050. The van der Waals surface area contributed by atoms with Gasteiger partial charge >= 0.3 is 0 Å². The maximum absolute atomic E-state index is 6.11. The smallest absolute Gasteiger partial charge is 0.175 e. The predicted octanol–water partition coefficient (Wildman–Crippen LogP) is 7.07. The van der Waals surface area contributed by atoms with E-state index < -0.39 is 0 Å². The number of hydrogen-bond donors (Lipinski definition) is 1. The van der Waals surface area contributed by atoms with E-state index in [2.05, 4.69) is 27.3 Å². The van der Waals surface area contributed by atoms with Gasteiger partial charge in [-0.05, 0) is 82.8 Å². The number of benzene rings is 3. The van der Waals surface area contributed by atoms with E-state index in [1.54, 1.807) is 19.2 Å². The molecule has 7 heteroatoms. The monoisotopic (exact) mass is 537 g/mol. The predicted molar refractivity (Wildman–Crippen MR) is 135 cm³/mol. The Morgan fingerprint density at radius 1 is 0.906 bits per heavy atom. The van der Waals surface area contributed by atoms with Crippen LogP contribution in [0.4, 0.5) is 0 Å². The molecule has 0 aromatic heterocycles. The number of para-hydroxylation sites is 1. The van der Waals surface area contributed by atoms with Gasteiger partial charge in [-0.1, -0.05) is 47.5 Å². The Balaban J connectivity index is 1.63. The molecule has 0 aliphatic rings. The van der Waals surface area contributed by atoms with Gasteiger partial charge in [-0.15, -0.1) is 0 Å². The third kappa shape index (κ3) is 6.79. The van der Waals surface area contributed by atoms with Crippen LogP contribution in [0, 0.1) is 0 Å². The first-order valence-corrected chi connectivity index (χ1v) is 11.9. The summed E-state index contributed by atoms with van der Waals surface area (Å²) in [5.41, 5.74) is 3.21. The molecule has 0 fully saturated rings. The summed E-state index contributed by atoms with van der Waals surface area (Å²) in [5.74, 6) is 2.28. The van der Waals surface area contributed by atoms with Gasteiger partial charge in [0.2, 0.25) is 0 Å². The minimum absolute atomic E-state index is 0.353. The number of methoxy groups -OCH3 is 1. The molecule has 0 saturated carbocycles. The molecule has 0 bridgehead atoms. The van der Waals surface area contributed by atoms with Crippen LogP contribution in [0.5, 0.6) is 17.2 Å². The second kappa shape index (κ2) is 12.4. The number of nitrogens with one attached hydrogen (secondary N) is 1. The molecule has 32 heavy (non-hydrogen) atoms. The highest BCUT2D eigenvalue weighted by Gasteiger charge is 2.13. The zero-order valence-electron chi connectivity index (χ0n) is 18.1. The third-order valence-electron chi connectivity index (χ3n) is 4.83. The van der Waals surface area contributed by atoms with Gasteiger partial charge in [0.15, 0.2) is 11.5 Å². The summed E-state index contributed by atoms with van der Waals surface area (Å²) in [7, 11) is 1.70. The fraction of sp³-hybridized carbons (Fsp3) is 0.280. The largest absolute Gasteiger partial charge is 0.496 e. The van der Waals surface area contributed by atoms with Crippen LogP contribution in [0.25, 0.3) is 0 Å². The van der Waals surface area contributed by atoms with Crippen LogP contribution in [-0.2, 0) is 19.6 Å². The fourth-order valence-electron chi connectivity index (χ4n) is 3.28. The van der Waals surface area contributed by atoms with Crippen molar-refractivity contribution in [3.8, 4) is 17.2 Å². The summed E-state index contributed by atoms with van der Waals surface area (Å²) in [4.78, 5) is 0. The molecule has 3 rings (SSSR count). The van der Waals surface area contributed by atoms with E-state index in [0.29, 0.717) is 41.3 Å². The fourth-order valence-corrected chi connectivity index (χ4v) is 4.20. The molecule has 3 aromatic rings. The molecule has 0 aliphatic heterocycles. The summed E-state index contributed by atoms with van der Waals surface area (Å²) in [6.45, 7) is 4.39. The quantitative estimate of drug-likeness (QED) is 0.265. The van der Waals surface area contributed by atoms with E-state index in [-0.39, 0.29) is 0 Å². The molecule has 0 aliphatic carbocycles. The average Bonchev–Trinajstić information content (AvgIpc) is 2.79. The lowest BCUT2D eigenvalue weighted by Crippen LogP contribution is -2.17. The van der Waals surface area contributed by atoms with Crippen molar-refractivity contribution in [2.45, 2.75) is 26.5 Å². The third-order valence-corrected chi connectivity index (χ3v) is 6.16. The lowest BCUT2D eigenvalue weighted by molar-refractivity contribution is 0.267. The zero-order chi connectivity index (χ0) is 22.9. The lowest BCUT2D eigenvalue weighted by Gasteiger charge is -2.16. The van der Waals surface area contributed by atoms with Gasteiger partial charge < -0.3 is 19.5 Å². The Hall–Kier alpha value is -1.92. The Morgan fingerprint density at radius 2 is 1.72 bits per heavy atom. The van der Waals surface area contributed by atoms with Gasteiger partial charge in [0.25, 0.3) is 0 Å². The van der Waals surface area contributed by atoms with E-state index in [1.165, 1.54) is 5.56 Å². The molecule has 0 heterocycles. The Morgan fingerprint density at radius 3 is 2.47 bits per heavy atom. The van der Waals surface area contributed by atoms with Crippen LogP contribution in [0.3, 0.4) is 0 Å². The molecule has 0 atom stereocenters. The first-order valence-electron chi connectivity index (χ1n) is 10.4. The van der Waals surface area contributed by atoms with Crippen molar-refractivity contribution in [2.24, 2.45) is 0 Å². The van der Waals surface area contributed by atoms with E-state index >= 15 is 0 Å². The standard InChI is InChI=1S/C25H26BrCl2NO3/c1-3-31-24-14-18(15-29-11-10-19-6-4-5-7-23(19)30-2)12-20(26)25(24)32-16-17-8-9-21(27)22(28)13-17/h4-9,12-14,29H,3,10-11,15-16H2,1-2H3. The van der Waals surface area contributed by atoms with E-state index in [4.69, 9.17) is 37.4 Å². The molecular formula is C25H26BrCl2NO3. The van der Waals surface area contributed by atoms with Crippen LogP contribution < -0.4 is 19.5 Å². The van der Waals surface area contributed by atoms with Crippen LogP contribution in [-0.4, -0.2) is 20.3 Å². The molecule has 4 nitrogen and oxygen atoms in total. The number of halogens is 3. The van der Waals surface area contributed by atoms with Crippen molar-refractivity contribution in [3.05, 3.63) is 85.8 Å². The van der Waals surface area contributed by atoms with Crippen molar-refractivity contribution >= 4 is 39.1 Å². The van der Waals surface area contributed by atoms with Crippen LogP contribution in [0.2, 0.25) is 10.0 Å². The van der Waals surface area contributed by atoms with Gasteiger partial charge in [-0.3, -0.25) is 0 Å². The normalized spacial score (nSPS) is 10.8.